The normalized spacial score (nSPS) is 10.6. The van der Waals surface area contributed by atoms with Gasteiger partial charge in [0.2, 0.25) is 0 Å². The second kappa shape index (κ2) is 8.07. The van der Waals surface area contributed by atoms with E-state index in [4.69, 9.17) is 5.41 Å². The molecule has 0 atom stereocenters. The summed E-state index contributed by atoms with van der Waals surface area (Å²) in [4.78, 5) is 19.7. The molecule has 0 radical (unpaired) electrons. The Kier molecular flexibility index (Phi) is 5.58. The Morgan fingerprint density at radius 2 is 1.89 bits per heavy atom. The highest BCUT2D eigenvalue weighted by atomic mass is 32.2. The van der Waals surface area contributed by atoms with Gasteiger partial charge in [-0.25, -0.2) is 14.5 Å². The maximum absolute atomic E-state index is 13.9. The number of hydrogen-bond acceptors (Lipinski definition) is 5. The molecule has 136 valence electrons. The molecule has 0 saturated carbocycles. The predicted molar refractivity (Wildman–Crippen MR) is 102 cm³/mol. The summed E-state index contributed by atoms with van der Waals surface area (Å²) in [7, 11) is 0. The van der Waals surface area contributed by atoms with Crippen molar-refractivity contribution in [1.82, 2.24) is 9.97 Å². The van der Waals surface area contributed by atoms with Gasteiger partial charge >= 0.3 is 11.9 Å². The summed E-state index contributed by atoms with van der Waals surface area (Å²) in [6.07, 6.45) is 4.80. The minimum Gasteiger partial charge on any atom is -0.478 e. The molecule has 0 aliphatic heterocycles. The molecule has 8 heteroatoms. The molecule has 3 aromatic rings. The van der Waals surface area contributed by atoms with E-state index in [0.29, 0.717) is 33.4 Å². The average molecular weight is 383 g/mol. The lowest BCUT2D eigenvalue weighted by atomic mass is 10.1. The highest BCUT2D eigenvalue weighted by Crippen LogP contribution is 2.22. The van der Waals surface area contributed by atoms with Gasteiger partial charge in [-0.05, 0) is 24.5 Å². The lowest BCUT2D eigenvalue weighted by Crippen LogP contribution is -2.72. The van der Waals surface area contributed by atoms with Crippen LogP contribution in [0.3, 0.4) is 0 Å². The van der Waals surface area contributed by atoms with Crippen molar-refractivity contribution >= 4 is 34.4 Å². The van der Waals surface area contributed by atoms with E-state index in [1.54, 1.807) is 35.8 Å². The molecule has 0 unspecified atom stereocenters. The highest BCUT2D eigenvalue weighted by molar-refractivity contribution is 8.13. The van der Waals surface area contributed by atoms with Crippen molar-refractivity contribution in [3.8, 4) is 11.1 Å². The van der Waals surface area contributed by atoms with Gasteiger partial charge in [-0.15, -0.1) is 11.8 Å². The number of nitrogens with zero attached hydrogens (tertiary/aromatic N) is 2. The second-order valence-electron chi connectivity index (χ2n) is 5.59. The van der Waals surface area contributed by atoms with Crippen LogP contribution >= 0.6 is 11.8 Å². The standard InChI is InChI=1S/C19H15FN4O2S/c1-27-17(21)14-7-6-11(18(25)26)8-16(14)24-19-22-9-12(10-23-19)13-4-2-3-5-15(13)20/h2-10,21H,1H3,(H,25,26)(H,22,23,24)/p+1. The van der Waals surface area contributed by atoms with E-state index < -0.39 is 5.97 Å². The molecule has 0 amide bonds. The molecule has 0 fully saturated rings. The highest BCUT2D eigenvalue weighted by Gasteiger charge is 2.17. The van der Waals surface area contributed by atoms with Crippen molar-refractivity contribution in [3.05, 3.63) is 71.8 Å². The van der Waals surface area contributed by atoms with Crippen LogP contribution in [0.15, 0.2) is 54.9 Å². The van der Waals surface area contributed by atoms with Crippen molar-refractivity contribution in [3.63, 3.8) is 0 Å². The largest absolute Gasteiger partial charge is 0.478 e. The molecule has 1 heterocycles. The van der Waals surface area contributed by atoms with E-state index >= 15 is 0 Å². The van der Waals surface area contributed by atoms with Gasteiger partial charge in [-0.1, -0.05) is 18.2 Å². The number of quaternary nitrogens is 1. The summed E-state index contributed by atoms with van der Waals surface area (Å²) >= 11 is 1.25. The molecule has 4 N–H and O–H groups in total. The first-order valence-electron chi connectivity index (χ1n) is 7.91. The van der Waals surface area contributed by atoms with Crippen molar-refractivity contribution in [2.45, 2.75) is 0 Å². The summed E-state index contributed by atoms with van der Waals surface area (Å²) in [5.74, 6) is -1.07. The van der Waals surface area contributed by atoms with Gasteiger partial charge in [0.25, 0.3) is 0 Å². The van der Waals surface area contributed by atoms with Crippen LogP contribution in [-0.4, -0.2) is 32.3 Å². The number of carboxylic acids is 1. The number of nitrogens with two attached hydrogens (primary N) is 1. The van der Waals surface area contributed by atoms with Gasteiger partial charge in [0, 0.05) is 29.6 Å². The number of hydrogen-bond donors (Lipinski definition) is 3. The molecule has 0 bridgehead atoms. The van der Waals surface area contributed by atoms with Crippen molar-refractivity contribution < 1.29 is 19.6 Å². The third kappa shape index (κ3) is 4.18. The topological polar surface area (TPSA) is 104 Å². The Bertz CT molecular complexity index is 1010. The third-order valence-corrected chi connectivity index (χ3v) is 4.52. The van der Waals surface area contributed by atoms with Crippen molar-refractivity contribution in [1.29, 1.82) is 5.41 Å². The number of nitrogens with one attached hydrogen (secondary N) is 1. The minimum absolute atomic E-state index is 0.113. The molecule has 6 nitrogen and oxygen atoms in total. The Balaban J connectivity index is 1.93. The molecular weight excluding hydrogens is 367 g/mol. The predicted octanol–water partition coefficient (Wildman–Crippen LogP) is 3.20. The molecule has 0 aliphatic carbocycles. The number of halogens is 1. The van der Waals surface area contributed by atoms with E-state index in [0.717, 1.165) is 0 Å². The Hall–Kier alpha value is -3.10. The molecular formula is C19H16FN4O2S+. The maximum atomic E-state index is 13.9. The number of carbonyl (C=O) groups is 1. The van der Waals surface area contributed by atoms with Crippen molar-refractivity contribution in [2.75, 3.05) is 6.26 Å². The zero-order chi connectivity index (χ0) is 19.4. The minimum atomic E-state index is -1.05. The van der Waals surface area contributed by atoms with E-state index in [1.807, 2.05) is 0 Å². The fourth-order valence-electron chi connectivity index (χ4n) is 2.52. The number of aromatic carboxylic acids is 1. The van der Waals surface area contributed by atoms with Gasteiger partial charge in [0.15, 0.2) is 0 Å². The van der Waals surface area contributed by atoms with Gasteiger partial charge in [-0.3, -0.25) is 5.41 Å². The van der Waals surface area contributed by atoms with Crippen molar-refractivity contribution in [2.24, 2.45) is 0 Å². The van der Waals surface area contributed by atoms with Gasteiger partial charge < -0.3 is 5.11 Å². The monoisotopic (exact) mass is 383 g/mol. The van der Waals surface area contributed by atoms with Crippen LogP contribution in [0, 0.1) is 11.2 Å². The number of thioether (sulfide) groups is 1. The van der Waals surface area contributed by atoms with E-state index in [9.17, 15) is 14.3 Å². The summed E-state index contributed by atoms with van der Waals surface area (Å²) in [5.41, 5.74) is 2.19. The quantitative estimate of drug-likeness (QED) is 0.357. The van der Waals surface area contributed by atoms with Crippen LogP contribution in [0.25, 0.3) is 11.1 Å². The molecule has 1 aromatic heterocycles. The molecule has 2 aromatic carbocycles. The second-order valence-corrected chi connectivity index (χ2v) is 6.41. The molecule has 0 aliphatic rings. The first-order chi connectivity index (χ1) is 13.0. The van der Waals surface area contributed by atoms with E-state index in [2.05, 4.69) is 9.97 Å². The SMILES string of the molecule is CSC(=N)c1ccc(C(=O)O)cc1[NH2+]c1ncc(-c2ccccc2F)cn1. The van der Waals surface area contributed by atoms with E-state index in [-0.39, 0.29) is 11.4 Å². The van der Waals surface area contributed by atoms with Crippen LogP contribution in [0.2, 0.25) is 0 Å². The average Bonchev–Trinajstić information content (AvgIpc) is 2.68. The van der Waals surface area contributed by atoms with Crippen LogP contribution < -0.4 is 5.32 Å². The molecule has 27 heavy (non-hydrogen) atoms. The maximum Gasteiger partial charge on any atom is 0.335 e. The van der Waals surface area contributed by atoms with Crippen LogP contribution in [0.4, 0.5) is 16.0 Å². The lowest BCUT2D eigenvalue weighted by Gasteiger charge is -2.08. The first kappa shape index (κ1) is 18.7. The number of rotatable bonds is 5. The number of benzene rings is 2. The fraction of sp³-hybridized carbons (Fsp3) is 0.0526. The summed E-state index contributed by atoms with van der Waals surface area (Å²) in [6.45, 7) is 0. The molecule has 0 saturated heterocycles. The Labute approximate surface area is 159 Å². The third-order valence-electron chi connectivity index (χ3n) is 3.89. The first-order valence-corrected chi connectivity index (χ1v) is 9.14. The van der Waals surface area contributed by atoms with Gasteiger partial charge in [0.1, 0.15) is 11.5 Å². The number of carboxylic acid groups (broad SMARTS) is 1. The number of aromatic nitrogens is 2. The van der Waals surface area contributed by atoms with Crippen LogP contribution in [0.5, 0.6) is 0 Å². The van der Waals surface area contributed by atoms with Gasteiger partial charge in [0.05, 0.1) is 16.2 Å². The lowest BCUT2D eigenvalue weighted by molar-refractivity contribution is -0.487. The summed E-state index contributed by atoms with van der Waals surface area (Å²) in [6, 6.07) is 10.9. The Morgan fingerprint density at radius 3 is 2.52 bits per heavy atom. The van der Waals surface area contributed by atoms with Gasteiger partial charge in [-0.2, -0.15) is 9.97 Å². The molecule has 3 rings (SSSR count). The zero-order valence-corrected chi connectivity index (χ0v) is 15.1. The van der Waals surface area contributed by atoms with Crippen LogP contribution in [-0.2, 0) is 0 Å². The summed E-state index contributed by atoms with van der Waals surface area (Å²) < 4.78 is 13.9. The smallest absolute Gasteiger partial charge is 0.335 e. The molecule has 0 spiro atoms. The fourth-order valence-corrected chi connectivity index (χ4v) is 2.92. The summed E-state index contributed by atoms with van der Waals surface area (Å²) in [5, 5.41) is 19.2. The Morgan fingerprint density at radius 1 is 1.19 bits per heavy atom. The van der Waals surface area contributed by atoms with Crippen LogP contribution in [0.1, 0.15) is 15.9 Å². The van der Waals surface area contributed by atoms with E-state index in [1.165, 1.54) is 42.4 Å². The zero-order valence-electron chi connectivity index (χ0n) is 14.3.